The number of hydrogen-bond donors (Lipinski definition) is 1. The lowest BCUT2D eigenvalue weighted by molar-refractivity contribution is -0.132. The number of furan rings is 1. The van der Waals surface area contributed by atoms with Gasteiger partial charge in [0.25, 0.3) is 0 Å². The third-order valence-corrected chi connectivity index (χ3v) is 4.83. The first-order chi connectivity index (χ1) is 11.3. The smallest absolute Gasteiger partial charge is 0.223 e. The number of rotatable bonds is 6. The van der Waals surface area contributed by atoms with E-state index in [1.165, 1.54) is 6.42 Å². The number of piperidine rings is 1. The van der Waals surface area contributed by atoms with Crippen LogP contribution in [-0.2, 0) is 11.2 Å². The third-order valence-electron chi connectivity index (χ3n) is 4.83. The molecule has 0 unspecified atom stereocenters. The van der Waals surface area contributed by atoms with Crippen molar-refractivity contribution in [2.24, 2.45) is 5.92 Å². The van der Waals surface area contributed by atoms with E-state index < -0.39 is 0 Å². The van der Waals surface area contributed by atoms with E-state index in [0.717, 1.165) is 55.1 Å². The van der Waals surface area contributed by atoms with Crippen LogP contribution in [0, 0.1) is 5.92 Å². The average molecular weight is 351 g/mol. The summed E-state index contributed by atoms with van der Waals surface area (Å²) in [4.78, 5) is 14.4. The van der Waals surface area contributed by atoms with Crippen molar-refractivity contribution >= 4 is 29.3 Å². The molecular weight excluding hydrogens is 324 g/mol. The summed E-state index contributed by atoms with van der Waals surface area (Å²) < 4.78 is 5.79. The van der Waals surface area contributed by atoms with Crippen LogP contribution in [0.3, 0.4) is 0 Å². The van der Waals surface area contributed by atoms with Crippen molar-refractivity contribution in [2.45, 2.75) is 32.1 Å². The van der Waals surface area contributed by atoms with Gasteiger partial charge in [0, 0.05) is 31.3 Å². The molecule has 1 N–H and O–H groups in total. The van der Waals surface area contributed by atoms with Crippen molar-refractivity contribution in [1.82, 2.24) is 10.2 Å². The predicted octanol–water partition coefficient (Wildman–Crippen LogP) is 3.64. The van der Waals surface area contributed by atoms with Crippen molar-refractivity contribution in [3.63, 3.8) is 0 Å². The Morgan fingerprint density at radius 1 is 1.29 bits per heavy atom. The molecule has 2 aromatic rings. The minimum atomic E-state index is 0. The van der Waals surface area contributed by atoms with E-state index in [1.807, 2.05) is 42.3 Å². The van der Waals surface area contributed by atoms with Crippen LogP contribution < -0.4 is 5.32 Å². The molecule has 0 saturated carbocycles. The van der Waals surface area contributed by atoms with Gasteiger partial charge in [-0.1, -0.05) is 18.2 Å². The Kier molecular flexibility index (Phi) is 7.13. The number of aryl methyl sites for hydroxylation is 1. The molecule has 0 atom stereocenters. The third kappa shape index (κ3) is 4.74. The molecule has 5 heteroatoms. The molecule has 1 saturated heterocycles. The maximum Gasteiger partial charge on any atom is 0.223 e. The standard InChI is InChI=1S/C19H26N2O2.ClH/c1-20-11-8-15-9-12-21(13-10-15)19(22)7-6-17-14-16-4-2-3-5-18(16)23-17;/h2-5,14-15,20H,6-13H2,1H3;1H. The van der Waals surface area contributed by atoms with Gasteiger partial charge in [0.2, 0.25) is 5.91 Å². The first-order valence-corrected chi connectivity index (χ1v) is 8.66. The average Bonchev–Trinajstić information content (AvgIpc) is 3.01. The summed E-state index contributed by atoms with van der Waals surface area (Å²) in [5.74, 6) is 1.93. The Morgan fingerprint density at radius 2 is 2.04 bits per heavy atom. The first kappa shape index (κ1) is 18.8. The molecule has 4 nitrogen and oxygen atoms in total. The molecule has 1 fully saturated rings. The Balaban J connectivity index is 0.00000208. The molecule has 1 aliphatic heterocycles. The van der Waals surface area contributed by atoms with Gasteiger partial charge >= 0.3 is 0 Å². The molecule has 2 heterocycles. The van der Waals surface area contributed by atoms with E-state index in [0.29, 0.717) is 12.8 Å². The second kappa shape index (κ2) is 9.09. The zero-order chi connectivity index (χ0) is 16.1. The summed E-state index contributed by atoms with van der Waals surface area (Å²) in [7, 11) is 2.00. The minimum absolute atomic E-state index is 0. The highest BCUT2D eigenvalue weighted by Crippen LogP contribution is 2.22. The highest BCUT2D eigenvalue weighted by atomic mass is 35.5. The molecule has 1 aromatic heterocycles. The summed E-state index contributed by atoms with van der Waals surface area (Å²) >= 11 is 0. The van der Waals surface area contributed by atoms with Crippen LogP contribution in [0.15, 0.2) is 34.7 Å². The Labute approximate surface area is 150 Å². The van der Waals surface area contributed by atoms with Crippen molar-refractivity contribution in [3.8, 4) is 0 Å². The molecule has 1 aliphatic rings. The lowest BCUT2D eigenvalue weighted by Crippen LogP contribution is -2.39. The van der Waals surface area contributed by atoms with E-state index in [-0.39, 0.29) is 18.3 Å². The number of likely N-dealkylation sites (tertiary alicyclic amines) is 1. The Hall–Kier alpha value is -1.52. The number of benzene rings is 1. The lowest BCUT2D eigenvalue weighted by atomic mass is 9.93. The van der Waals surface area contributed by atoms with E-state index in [1.54, 1.807) is 0 Å². The van der Waals surface area contributed by atoms with Gasteiger partial charge in [0.15, 0.2) is 0 Å². The maximum absolute atomic E-state index is 12.4. The van der Waals surface area contributed by atoms with Crippen molar-refractivity contribution < 1.29 is 9.21 Å². The van der Waals surface area contributed by atoms with Crippen molar-refractivity contribution in [3.05, 3.63) is 36.1 Å². The van der Waals surface area contributed by atoms with Crippen LogP contribution in [0.25, 0.3) is 11.0 Å². The summed E-state index contributed by atoms with van der Waals surface area (Å²) in [5, 5.41) is 4.32. The Bertz CT molecular complexity index is 615. The number of fused-ring (bicyclic) bond motifs is 1. The van der Waals surface area contributed by atoms with Gasteiger partial charge in [-0.15, -0.1) is 12.4 Å². The molecule has 1 aromatic carbocycles. The van der Waals surface area contributed by atoms with E-state index in [2.05, 4.69) is 5.32 Å². The highest BCUT2D eigenvalue weighted by molar-refractivity contribution is 5.85. The molecular formula is C19H27ClN2O2. The summed E-state index contributed by atoms with van der Waals surface area (Å²) in [5.41, 5.74) is 0.903. The fourth-order valence-corrected chi connectivity index (χ4v) is 3.37. The summed E-state index contributed by atoms with van der Waals surface area (Å²) in [6.07, 6.45) is 4.72. The molecule has 0 bridgehead atoms. The fraction of sp³-hybridized carbons (Fsp3) is 0.526. The lowest BCUT2D eigenvalue weighted by Gasteiger charge is -2.32. The number of para-hydroxylation sites is 1. The zero-order valence-electron chi connectivity index (χ0n) is 14.3. The van der Waals surface area contributed by atoms with Crippen LogP contribution >= 0.6 is 12.4 Å². The molecule has 1 amide bonds. The first-order valence-electron chi connectivity index (χ1n) is 8.66. The summed E-state index contributed by atoms with van der Waals surface area (Å²) in [6.45, 7) is 2.89. The van der Waals surface area contributed by atoms with Crippen LogP contribution in [0.1, 0.15) is 31.4 Å². The van der Waals surface area contributed by atoms with Crippen LogP contribution in [0.4, 0.5) is 0 Å². The predicted molar refractivity (Wildman–Crippen MR) is 99.6 cm³/mol. The van der Waals surface area contributed by atoms with Gasteiger partial charge in [-0.25, -0.2) is 0 Å². The van der Waals surface area contributed by atoms with Gasteiger partial charge < -0.3 is 14.6 Å². The van der Waals surface area contributed by atoms with E-state index in [9.17, 15) is 4.79 Å². The van der Waals surface area contributed by atoms with Crippen molar-refractivity contribution in [2.75, 3.05) is 26.7 Å². The quantitative estimate of drug-likeness (QED) is 0.865. The second-order valence-electron chi connectivity index (χ2n) is 6.47. The second-order valence-corrected chi connectivity index (χ2v) is 6.47. The van der Waals surface area contributed by atoms with Gasteiger partial charge in [-0.05, 0) is 50.9 Å². The van der Waals surface area contributed by atoms with Crippen LogP contribution in [0.5, 0.6) is 0 Å². The van der Waals surface area contributed by atoms with Gasteiger partial charge in [-0.2, -0.15) is 0 Å². The number of amides is 1. The van der Waals surface area contributed by atoms with E-state index in [4.69, 9.17) is 4.42 Å². The number of nitrogens with zero attached hydrogens (tertiary/aromatic N) is 1. The largest absolute Gasteiger partial charge is 0.461 e. The monoisotopic (exact) mass is 350 g/mol. The normalized spacial score (nSPS) is 15.5. The molecule has 0 aliphatic carbocycles. The number of carbonyl (C=O) groups is 1. The molecule has 3 rings (SSSR count). The molecule has 132 valence electrons. The van der Waals surface area contributed by atoms with Crippen molar-refractivity contribution in [1.29, 1.82) is 0 Å². The van der Waals surface area contributed by atoms with E-state index >= 15 is 0 Å². The van der Waals surface area contributed by atoms with Crippen LogP contribution in [-0.4, -0.2) is 37.5 Å². The minimum Gasteiger partial charge on any atom is -0.461 e. The number of hydrogen-bond acceptors (Lipinski definition) is 3. The summed E-state index contributed by atoms with van der Waals surface area (Å²) in [6, 6.07) is 10.0. The molecule has 0 radical (unpaired) electrons. The zero-order valence-corrected chi connectivity index (χ0v) is 15.1. The Morgan fingerprint density at radius 3 is 2.75 bits per heavy atom. The van der Waals surface area contributed by atoms with Gasteiger partial charge in [-0.3, -0.25) is 4.79 Å². The highest BCUT2D eigenvalue weighted by Gasteiger charge is 2.22. The number of halogens is 1. The number of carbonyl (C=O) groups excluding carboxylic acids is 1. The topological polar surface area (TPSA) is 45.5 Å². The van der Waals surface area contributed by atoms with Gasteiger partial charge in [0.1, 0.15) is 11.3 Å². The maximum atomic E-state index is 12.4. The van der Waals surface area contributed by atoms with Crippen LogP contribution in [0.2, 0.25) is 0 Å². The molecule has 24 heavy (non-hydrogen) atoms. The SMILES string of the molecule is CNCCC1CCN(C(=O)CCc2cc3ccccc3o2)CC1.Cl. The van der Waals surface area contributed by atoms with Gasteiger partial charge in [0.05, 0.1) is 0 Å². The fourth-order valence-electron chi connectivity index (χ4n) is 3.37. The number of nitrogens with one attached hydrogen (secondary N) is 1. The molecule has 0 spiro atoms.